The number of likely N-dealkylation sites (N-methyl/N-ethyl adjacent to an activating group) is 1. The first kappa shape index (κ1) is 19.9. The van der Waals surface area contributed by atoms with Crippen LogP contribution in [0.25, 0.3) is 0 Å². The fraction of sp³-hybridized carbons (Fsp3) is 0.389. The smallest absolute Gasteiger partial charge is 0.416 e. The van der Waals surface area contributed by atoms with E-state index in [2.05, 4.69) is 25.1 Å². The Bertz CT molecular complexity index is 823. The van der Waals surface area contributed by atoms with Crippen LogP contribution in [0.5, 0.6) is 5.75 Å². The number of aromatic nitrogens is 2. The molecule has 1 N–H and O–H groups in total. The van der Waals surface area contributed by atoms with E-state index in [1.165, 1.54) is 18.5 Å². The molecular formula is C18H20F3N5O2. The minimum Gasteiger partial charge on any atom is -0.484 e. The number of anilines is 2. The topological polar surface area (TPSA) is 70.6 Å². The number of alkyl halides is 3. The van der Waals surface area contributed by atoms with Gasteiger partial charge >= 0.3 is 6.18 Å². The second-order valence-electron chi connectivity index (χ2n) is 6.41. The third kappa shape index (κ3) is 5.32. The Labute approximate surface area is 160 Å². The van der Waals surface area contributed by atoms with Crippen LogP contribution in [0.3, 0.4) is 0 Å². The van der Waals surface area contributed by atoms with Crippen molar-refractivity contribution in [3.05, 3.63) is 42.2 Å². The molecule has 1 aromatic heterocycles. The number of piperazine rings is 1. The fourth-order valence-corrected chi connectivity index (χ4v) is 2.71. The fourth-order valence-electron chi connectivity index (χ4n) is 2.71. The van der Waals surface area contributed by atoms with Crippen molar-refractivity contribution in [3.8, 4) is 5.75 Å². The average molecular weight is 395 g/mol. The molecule has 1 fully saturated rings. The van der Waals surface area contributed by atoms with Gasteiger partial charge in [-0.3, -0.25) is 4.79 Å². The predicted molar refractivity (Wildman–Crippen MR) is 97.3 cm³/mol. The molecule has 1 aliphatic heterocycles. The minimum absolute atomic E-state index is 0.0363. The van der Waals surface area contributed by atoms with Gasteiger partial charge in [0.2, 0.25) is 0 Å². The molecule has 0 aliphatic carbocycles. The van der Waals surface area contributed by atoms with Crippen LogP contribution in [-0.2, 0) is 11.0 Å². The van der Waals surface area contributed by atoms with Gasteiger partial charge in [0.05, 0.1) is 5.56 Å². The summed E-state index contributed by atoms with van der Waals surface area (Å²) >= 11 is 0. The molecule has 0 bridgehead atoms. The van der Waals surface area contributed by atoms with Crippen molar-refractivity contribution in [2.75, 3.05) is 50.1 Å². The van der Waals surface area contributed by atoms with Crippen molar-refractivity contribution < 1.29 is 22.7 Å². The number of carbonyl (C=O) groups excluding carboxylic acids is 1. The molecule has 2 aromatic rings. The van der Waals surface area contributed by atoms with E-state index in [9.17, 15) is 18.0 Å². The van der Waals surface area contributed by atoms with Crippen LogP contribution in [0.1, 0.15) is 5.56 Å². The van der Waals surface area contributed by atoms with Gasteiger partial charge in [-0.05, 0) is 25.2 Å². The maximum absolute atomic E-state index is 12.7. The highest BCUT2D eigenvalue weighted by Crippen LogP contribution is 2.31. The molecule has 2 heterocycles. The molecule has 1 amide bonds. The molecule has 150 valence electrons. The first-order valence-corrected chi connectivity index (χ1v) is 8.67. The average Bonchev–Trinajstić information content (AvgIpc) is 2.67. The molecule has 7 nitrogen and oxygen atoms in total. The normalized spacial score (nSPS) is 15.4. The zero-order valence-corrected chi connectivity index (χ0v) is 15.2. The number of amides is 1. The summed E-state index contributed by atoms with van der Waals surface area (Å²) in [6.45, 7) is 3.03. The molecule has 0 spiro atoms. The maximum Gasteiger partial charge on any atom is 0.416 e. The lowest BCUT2D eigenvalue weighted by Gasteiger charge is -2.33. The van der Waals surface area contributed by atoms with E-state index < -0.39 is 24.3 Å². The summed E-state index contributed by atoms with van der Waals surface area (Å²) in [7, 11) is 2.05. The SMILES string of the molecule is CN1CCN(c2cc(NC(=O)COc3cccc(C(F)(F)F)c3)ncn2)CC1. The van der Waals surface area contributed by atoms with E-state index in [4.69, 9.17) is 4.74 Å². The van der Waals surface area contributed by atoms with Crippen LogP contribution in [0.4, 0.5) is 24.8 Å². The summed E-state index contributed by atoms with van der Waals surface area (Å²) in [5.41, 5.74) is -0.835. The molecule has 3 rings (SSSR count). The summed E-state index contributed by atoms with van der Waals surface area (Å²) in [6.07, 6.45) is -3.11. The van der Waals surface area contributed by atoms with E-state index >= 15 is 0 Å². The number of carbonyl (C=O) groups is 1. The number of hydrogen-bond donors (Lipinski definition) is 1. The summed E-state index contributed by atoms with van der Waals surface area (Å²) in [5, 5.41) is 2.57. The van der Waals surface area contributed by atoms with Crippen LogP contribution in [0.15, 0.2) is 36.7 Å². The highest BCUT2D eigenvalue weighted by molar-refractivity contribution is 5.91. The zero-order valence-electron chi connectivity index (χ0n) is 15.2. The number of nitrogens with one attached hydrogen (secondary N) is 1. The van der Waals surface area contributed by atoms with Gasteiger partial charge in [-0.25, -0.2) is 9.97 Å². The van der Waals surface area contributed by atoms with Crippen LogP contribution in [-0.4, -0.2) is 60.6 Å². The molecule has 0 atom stereocenters. The molecule has 0 unspecified atom stereocenters. The maximum atomic E-state index is 12.7. The first-order valence-electron chi connectivity index (χ1n) is 8.67. The monoisotopic (exact) mass is 395 g/mol. The van der Waals surface area contributed by atoms with E-state index in [-0.39, 0.29) is 5.75 Å². The van der Waals surface area contributed by atoms with E-state index in [1.54, 1.807) is 6.07 Å². The van der Waals surface area contributed by atoms with Crippen LogP contribution in [0, 0.1) is 0 Å². The lowest BCUT2D eigenvalue weighted by atomic mass is 10.2. The summed E-state index contributed by atoms with van der Waals surface area (Å²) in [4.78, 5) is 24.6. The van der Waals surface area contributed by atoms with Gasteiger partial charge in [-0.1, -0.05) is 6.07 Å². The largest absolute Gasteiger partial charge is 0.484 e. The second kappa shape index (κ2) is 8.42. The number of hydrogen-bond acceptors (Lipinski definition) is 6. The van der Waals surface area contributed by atoms with Gasteiger partial charge in [0.25, 0.3) is 5.91 Å². The molecule has 28 heavy (non-hydrogen) atoms. The number of benzene rings is 1. The van der Waals surface area contributed by atoms with Crippen molar-refractivity contribution in [2.24, 2.45) is 0 Å². The van der Waals surface area contributed by atoms with Crippen molar-refractivity contribution in [2.45, 2.75) is 6.18 Å². The number of ether oxygens (including phenoxy) is 1. The Morgan fingerprint density at radius 2 is 1.93 bits per heavy atom. The van der Waals surface area contributed by atoms with Gasteiger partial charge in [0.15, 0.2) is 6.61 Å². The van der Waals surface area contributed by atoms with Crippen molar-refractivity contribution in [1.82, 2.24) is 14.9 Å². The Kier molecular flexibility index (Phi) is 5.98. The van der Waals surface area contributed by atoms with E-state index in [1.807, 2.05) is 7.05 Å². The highest BCUT2D eigenvalue weighted by atomic mass is 19.4. The Balaban J connectivity index is 1.56. The van der Waals surface area contributed by atoms with E-state index in [0.717, 1.165) is 38.3 Å². The first-order chi connectivity index (χ1) is 13.3. The molecule has 1 saturated heterocycles. The summed E-state index contributed by atoms with van der Waals surface area (Å²) in [5.74, 6) is 0.449. The van der Waals surface area contributed by atoms with Crippen LogP contribution >= 0.6 is 0 Å². The Morgan fingerprint density at radius 3 is 2.64 bits per heavy atom. The Hall–Kier alpha value is -2.88. The van der Waals surface area contributed by atoms with Gasteiger partial charge in [-0.15, -0.1) is 0 Å². The molecular weight excluding hydrogens is 375 g/mol. The third-order valence-electron chi connectivity index (χ3n) is 4.28. The van der Waals surface area contributed by atoms with Crippen molar-refractivity contribution in [1.29, 1.82) is 0 Å². The molecule has 10 heteroatoms. The van der Waals surface area contributed by atoms with Gasteiger partial charge in [0.1, 0.15) is 23.7 Å². The number of nitrogens with zero attached hydrogens (tertiary/aromatic N) is 4. The number of halogens is 3. The lowest BCUT2D eigenvalue weighted by Crippen LogP contribution is -2.44. The highest BCUT2D eigenvalue weighted by Gasteiger charge is 2.30. The third-order valence-corrected chi connectivity index (χ3v) is 4.28. The number of rotatable bonds is 5. The standard InChI is InChI=1S/C18H20F3N5O2/c1-25-5-7-26(8-6-25)16-10-15(22-12-23-16)24-17(27)11-28-14-4-2-3-13(9-14)18(19,20)21/h2-4,9-10,12H,5-8,11H2,1H3,(H,22,23,24,27). The quantitative estimate of drug-likeness (QED) is 0.838. The molecule has 1 aromatic carbocycles. The van der Waals surface area contributed by atoms with Gasteiger partial charge in [-0.2, -0.15) is 13.2 Å². The van der Waals surface area contributed by atoms with Crippen molar-refractivity contribution >= 4 is 17.5 Å². The summed E-state index contributed by atoms with van der Waals surface area (Å²) in [6, 6.07) is 6.03. The Morgan fingerprint density at radius 1 is 1.18 bits per heavy atom. The zero-order chi connectivity index (χ0) is 20.1. The minimum atomic E-state index is -4.47. The van der Waals surface area contributed by atoms with E-state index in [0.29, 0.717) is 11.6 Å². The van der Waals surface area contributed by atoms with Gasteiger partial charge in [0, 0.05) is 32.2 Å². The van der Waals surface area contributed by atoms with Crippen LogP contribution < -0.4 is 15.0 Å². The van der Waals surface area contributed by atoms with Gasteiger partial charge < -0.3 is 19.9 Å². The molecule has 1 aliphatic rings. The van der Waals surface area contributed by atoms with Crippen molar-refractivity contribution in [3.63, 3.8) is 0 Å². The van der Waals surface area contributed by atoms with Crippen LogP contribution in [0.2, 0.25) is 0 Å². The predicted octanol–water partition coefficient (Wildman–Crippen LogP) is 2.26. The second-order valence-corrected chi connectivity index (χ2v) is 6.41. The molecule has 0 radical (unpaired) electrons. The lowest BCUT2D eigenvalue weighted by molar-refractivity contribution is -0.137. The molecule has 0 saturated carbocycles. The summed E-state index contributed by atoms with van der Waals surface area (Å²) < 4.78 is 43.3.